The molecule has 0 radical (unpaired) electrons. The Morgan fingerprint density at radius 2 is 1.05 bits per heavy atom. The van der Waals surface area contributed by atoms with Crippen molar-refractivity contribution in [1.29, 1.82) is 0 Å². The van der Waals surface area contributed by atoms with E-state index in [4.69, 9.17) is 0 Å². The number of rotatable bonds is 6. The maximum Gasteiger partial charge on any atom is 0.155 e. The molecule has 6 nitrogen and oxygen atoms in total. The monoisotopic (exact) mass is 296 g/mol. The Morgan fingerprint density at radius 3 is 1.05 bits per heavy atom. The first-order valence-corrected chi connectivity index (χ1v) is 5.26. The highest BCUT2D eigenvalue weighted by molar-refractivity contribution is 5.96. The van der Waals surface area contributed by atoms with E-state index in [1.54, 1.807) is 14.2 Å². The van der Waals surface area contributed by atoms with Crippen molar-refractivity contribution in [2.24, 2.45) is 0 Å². The number of Topliss-reactive ketones (excluding diaryl/α,β-unsaturated/α-hetero) is 3. The van der Waals surface area contributed by atoms with Crippen molar-refractivity contribution in [3.8, 4) is 0 Å². The molecule has 124 valence electrons. The molecule has 0 rings (SSSR count). The van der Waals surface area contributed by atoms with Crippen LogP contribution in [0.3, 0.4) is 0 Å². The van der Waals surface area contributed by atoms with E-state index in [1.165, 1.54) is 27.9 Å². The molecule has 0 spiro atoms. The smallest absolute Gasteiger partial charge is 0.155 e. The molecule has 0 saturated carbocycles. The third-order valence-electron chi connectivity index (χ3n) is 1.08. The Labute approximate surface area is 123 Å². The maximum atomic E-state index is 10.0. The van der Waals surface area contributed by atoms with E-state index in [0.29, 0.717) is 6.79 Å². The fourth-order valence-electron chi connectivity index (χ4n) is 0.672. The lowest BCUT2D eigenvalue weighted by Gasteiger charge is -1.87. The van der Waals surface area contributed by atoms with Crippen LogP contribution in [0.15, 0.2) is 0 Å². The molecule has 0 unspecified atom stereocenters. The van der Waals surface area contributed by atoms with Gasteiger partial charge in [0.2, 0.25) is 0 Å². The Morgan fingerprint density at radius 1 is 0.700 bits per heavy atom. The zero-order valence-electron chi connectivity index (χ0n) is 12.1. The van der Waals surface area contributed by atoms with Gasteiger partial charge in [-0.15, -0.1) is 0 Å². The first kappa shape index (κ1) is 31.3. The van der Waals surface area contributed by atoms with E-state index in [2.05, 4.69) is 14.2 Å². The molecule has 0 atom stereocenters. The third kappa shape index (κ3) is 68.5. The highest BCUT2D eigenvalue weighted by atomic mass is 16.6. The molecular weight excluding hydrogens is 264 g/mol. The van der Waals surface area contributed by atoms with Gasteiger partial charge in [-0.25, -0.2) is 0 Å². The Bertz CT molecular complexity index is 212. The minimum Gasteiger partial charge on any atom is -0.377 e. The summed E-state index contributed by atoms with van der Waals surface area (Å²) in [6, 6.07) is 0. The lowest BCUT2D eigenvalue weighted by molar-refractivity contribution is -0.124. The van der Waals surface area contributed by atoms with E-state index < -0.39 is 0 Å². The van der Waals surface area contributed by atoms with Crippen molar-refractivity contribution in [2.45, 2.75) is 42.0 Å². The van der Waals surface area contributed by atoms with Gasteiger partial charge in [-0.3, -0.25) is 14.4 Å². The van der Waals surface area contributed by atoms with E-state index in [0.717, 1.165) is 0 Å². The molecule has 0 aliphatic heterocycles. The lowest BCUT2D eigenvalue weighted by atomic mass is 10.2. The zero-order chi connectivity index (χ0) is 15.0. The Kier molecular flexibility index (Phi) is 41.4. The van der Waals surface area contributed by atoms with Crippen molar-refractivity contribution in [2.75, 3.05) is 34.7 Å². The SMILES string of the molecule is C.C.CC(=O)CC(C)=O.COCC(C)=O.COCOC. The number of ether oxygens (including phenoxy) is 3. The van der Waals surface area contributed by atoms with E-state index >= 15 is 0 Å². The van der Waals surface area contributed by atoms with Gasteiger partial charge in [-0.2, -0.15) is 0 Å². The quantitative estimate of drug-likeness (QED) is 0.552. The van der Waals surface area contributed by atoms with Crippen LogP contribution in [0.2, 0.25) is 0 Å². The van der Waals surface area contributed by atoms with Gasteiger partial charge in [-0.1, -0.05) is 14.9 Å². The lowest BCUT2D eigenvalue weighted by Crippen LogP contribution is -1.98. The summed E-state index contributed by atoms with van der Waals surface area (Å²) >= 11 is 0. The molecular formula is C14H32O6. The average Bonchev–Trinajstić information content (AvgIpc) is 2.17. The predicted octanol–water partition coefficient (Wildman–Crippen LogP) is 2.29. The minimum absolute atomic E-state index is 0. The van der Waals surface area contributed by atoms with Crippen molar-refractivity contribution in [3.63, 3.8) is 0 Å². The maximum absolute atomic E-state index is 10.0. The number of carbonyl (C=O) groups is 3. The molecule has 0 saturated heterocycles. The number of methoxy groups -OCH3 is 3. The van der Waals surface area contributed by atoms with Crippen LogP contribution >= 0.6 is 0 Å². The Balaban J connectivity index is -0.0000000543. The summed E-state index contributed by atoms with van der Waals surface area (Å²) in [7, 11) is 4.68. The second-order valence-corrected chi connectivity index (χ2v) is 3.41. The summed E-state index contributed by atoms with van der Waals surface area (Å²) in [6.07, 6.45) is 0.0833. The third-order valence-corrected chi connectivity index (χ3v) is 1.08. The van der Waals surface area contributed by atoms with Gasteiger partial charge in [0.1, 0.15) is 25.0 Å². The van der Waals surface area contributed by atoms with Gasteiger partial charge in [0.05, 0.1) is 6.42 Å². The van der Waals surface area contributed by atoms with Crippen molar-refractivity contribution in [3.05, 3.63) is 0 Å². The molecule has 0 aromatic carbocycles. The molecule has 0 fully saturated rings. The largest absolute Gasteiger partial charge is 0.377 e. The number of hydrogen-bond acceptors (Lipinski definition) is 6. The number of ketones is 3. The molecule has 0 N–H and O–H groups in total. The summed E-state index contributed by atoms with van der Waals surface area (Å²) in [5, 5.41) is 0. The molecule has 0 heterocycles. The molecule has 20 heavy (non-hydrogen) atoms. The van der Waals surface area contributed by atoms with Crippen LogP contribution in [0.1, 0.15) is 42.0 Å². The summed E-state index contributed by atoms with van der Waals surface area (Å²) in [5.41, 5.74) is 0. The van der Waals surface area contributed by atoms with Gasteiger partial charge in [0.25, 0.3) is 0 Å². The standard InChI is InChI=1S/C5H8O2.C4H8O2.C3H8O2.2CH4/c1-4(6)3-5(2)7;1-4(5)3-6-2;1-4-3-5-2;;/h3H2,1-2H3;3H2,1-2H3;3H2,1-2H3;2*1H4. The summed E-state index contributed by atoms with van der Waals surface area (Å²) in [5.74, 6) is -0.0579. The van der Waals surface area contributed by atoms with Crippen LogP contribution < -0.4 is 0 Å². The van der Waals surface area contributed by atoms with Gasteiger partial charge in [0, 0.05) is 21.3 Å². The second-order valence-electron chi connectivity index (χ2n) is 3.41. The van der Waals surface area contributed by atoms with Gasteiger partial charge in [-0.05, 0) is 20.8 Å². The topological polar surface area (TPSA) is 78.9 Å². The predicted molar refractivity (Wildman–Crippen MR) is 80.9 cm³/mol. The first-order chi connectivity index (χ1) is 8.31. The van der Waals surface area contributed by atoms with Gasteiger partial charge >= 0.3 is 0 Å². The molecule has 0 amide bonds. The van der Waals surface area contributed by atoms with Gasteiger partial charge < -0.3 is 14.2 Å². The fourth-order valence-corrected chi connectivity index (χ4v) is 0.672. The van der Waals surface area contributed by atoms with Crippen LogP contribution in [0.25, 0.3) is 0 Å². The average molecular weight is 296 g/mol. The highest BCUT2D eigenvalue weighted by Crippen LogP contribution is 1.80. The van der Waals surface area contributed by atoms with E-state index in [1.807, 2.05) is 0 Å². The molecule has 0 aromatic heterocycles. The van der Waals surface area contributed by atoms with Crippen molar-refractivity contribution >= 4 is 17.3 Å². The number of hydrogen-bond donors (Lipinski definition) is 0. The molecule has 0 aliphatic carbocycles. The molecule has 6 heteroatoms. The van der Waals surface area contributed by atoms with Crippen LogP contribution in [0.4, 0.5) is 0 Å². The minimum atomic E-state index is -0.0625. The molecule has 0 aromatic rings. The van der Waals surface area contributed by atoms with Crippen molar-refractivity contribution in [1.82, 2.24) is 0 Å². The molecule has 0 bridgehead atoms. The zero-order valence-corrected chi connectivity index (χ0v) is 12.1. The van der Waals surface area contributed by atoms with Gasteiger partial charge in [0.15, 0.2) is 5.78 Å². The van der Waals surface area contributed by atoms with Crippen LogP contribution in [-0.4, -0.2) is 52.1 Å². The summed E-state index contributed by atoms with van der Waals surface area (Å²) in [6.45, 7) is 4.92. The first-order valence-electron chi connectivity index (χ1n) is 5.26. The van der Waals surface area contributed by atoms with E-state index in [9.17, 15) is 14.4 Å². The van der Waals surface area contributed by atoms with Crippen LogP contribution in [-0.2, 0) is 28.6 Å². The number of carbonyl (C=O) groups excluding carboxylic acids is 3. The van der Waals surface area contributed by atoms with E-state index in [-0.39, 0.29) is 45.2 Å². The summed E-state index contributed by atoms with van der Waals surface area (Å²) in [4.78, 5) is 30.0. The second kappa shape index (κ2) is 26.5. The van der Waals surface area contributed by atoms with Crippen molar-refractivity contribution < 1.29 is 28.6 Å². The van der Waals surface area contributed by atoms with Crippen LogP contribution in [0, 0.1) is 0 Å². The molecule has 0 aliphatic rings. The normalized spacial score (nSPS) is 7.50. The highest BCUT2D eigenvalue weighted by Gasteiger charge is 1.94. The Hall–Kier alpha value is -1.11. The van der Waals surface area contributed by atoms with Crippen LogP contribution in [0.5, 0.6) is 0 Å². The summed E-state index contributed by atoms with van der Waals surface area (Å²) < 4.78 is 13.4. The fraction of sp³-hybridized carbons (Fsp3) is 0.786.